The lowest BCUT2D eigenvalue weighted by molar-refractivity contribution is 0.102. The van der Waals surface area contributed by atoms with Crippen molar-refractivity contribution in [1.82, 2.24) is 13.9 Å². The number of hydrogen-bond acceptors (Lipinski definition) is 6. The number of carbonyl (C=O) groups excluding carboxylic acids is 1. The van der Waals surface area contributed by atoms with Gasteiger partial charge in [0.25, 0.3) is 11.5 Å². The Kier molecular flexibility index (Phi) is 5.68. The zero-order valence-electron chi connectivity index (χ0n) is 15.0. The minimum atomic E-state index is -3.64. The molecule has 2 heterocycles. The number of benzene rings is 1. The molecule has 0 unspecified atom stereocenters. The van der Waals surface area contributed by atoms with Crippen LogP contribution in [0.4, 0.5) is 5.69 Å². The van der Waals surface area contributed by atoms with E-state index in [0.717, 1.165) is 5.75 Å². The first kappa shape index (κ1) is 19.6. The quantitative estimate of drug-likeness (QED) is 0.729. The van der Waals surface area contributed by atoms with Crippen LogP contribution in [-0.2, 0) is 16.6 Å². The summed E-state index contributed by atoms with van der Waals surface area (Å²) in [6.45, 7) is 4.75. The number of thioether (sulfide) groups is 1. The highest BCUT2D eigenvalue weighted by molar-refractivity contribution is 7.99. The van der Waals surface area contributed by atoms with E-state index >= 15 is 0 Å². The molecule has 8 nitrogen and oxygen atoms in total. The lowest BCUT2D eigenvalue weighted by Gasteiger charge is -2.18. The van der Waals surface area contributed by atoms with Gasteiger partial charge in [0.2, 0.25) is 10.0 Å². The van der Waals surface area contributed by atoms with Crippen LogP contribution in [0.1, 0.15) is 24.2 Å². The summed E-state index contributed by atoms with van der Waals surface area (Å²) in [5.41, 5.74) is -0.167. The second kappa shape index (κ2) is 7.83. The van der Waals surface area contributed by atoms with Crippen molar-refractivity contribution in [2.45, 2.75) is 30.4 Å². The molecule has 0 bridgehead atoms. The number of hydrogen-bond donors (Lipinski definition) is 1. The Labute approximate surface area is 161 Å². The van der Waals surface area contributed by atoms with E-state index in [4.69, 9.17) is 0 Å². The van der Waals surface area contributed by atoms with Crippen molar-refractivity contribution < 1.29 is 13.2 Å². The molecule has 1 aliphatic rings. The average Bonchev–Trinajstić information content (AvgIpc) is 3.12. The van der Waals surface area contributed by atoms with E-state index in [-0.39, 0.29) is 10.5 Å². The fourth-order valence-electron chi connectivity index (χ4n) is 2.82. The zero-order chi connectivity index (χ0) is 19.6. The van der Waals surface area contributed by atoms with Gasteiger partial charge in [-0.2, -0.15) is 4.31 Å². The van der Waals surface area contributed by atoms with Crippen LogP contribution in [-0.4, -0.2) is 47.0 Å². The van der Waals surface area contributed by atoms with Gasteiger partial charge in [-0.3, -0.25) is 14.2 Å². The molecular weight excluding hydrogens is 388 g/mol. The molecule has 0 spiro atoms. The molecule has 144 valence electrons. The summed E-state index contributed by atoms with van der Waals surface area (Å²) in [4.78, 5) is 29.2. The molecule has 0 saturated carbocycles. The summed E-state index contributed by atoms with van der Waals surface area (Å²) in [5.74, 6) is 0.135. The van der Waals surface area contributed by atoms with Crippen LogP contribution in [0.2, 0.25) is 0 Å². The maximum absolute atomic E-state index is 12.6. The summed E-state index contributed by atoms with van der Waals surface area (Å²) >= 11 is 1.47. The Morgan fingerprint density at radius 3 is 2.78 bits per heavy atom. The maximum Gasteiger partial charge on any atom is 0.267 e. The molecule has 0 radical (unpaired) electrons. The van der Waals surface area contributed by atoms with Gasteiger partial charge in [-0.15, -0.1) is 0 Å². The van der Waals surface area contributed by atoms with Crippen molar-refractivity contribution in [2.75, 3.05) is 24.2 Å². The number of carbonyl (C=O) groups is 1. The topological polar surface area (TPSA) is 101 Å². The highest BCUT2D eigenvalue weighted by atomic mass is 32.2. The van der Waals surface area contributed by atoms with Crippen molar-refractivity contribution >= 4 is 33.4 Å². The van der Waals surface area contributed by atoms with E-state index in [0.29, 0.717) is 30.5 Å². The highest BCUT2D eigenvalue weighted by Crippen LogP contribution is 2.22. The molecule has 2 aromatic rings. The molecule has 1 N–H and O–H groups in total. The standard InChI is InChI=1S/C17H20N4O4S2/c1-3-20(4-2)27(24,25)13-7-5-6-12(10-13)19-15(22)14-11-18-17-21(16(14)23)8-9-26-17/h5-7,10-11H,3-4,8-9H2,1-2H3,(H,19,22). The third-order valence-corrected chi connectivity index (χ3v) is 7.25. The fraction of sp³-hybridized carbons (Fsp3) is 0.353. The summed E-state index contributed by atoms with van der Waals surface area (Å²) in [6.07, 6.45) is 1.26. The Morgan fingerprint density at radius 2 is 2.07 bits per heavy atom. The van der Waals surface area contributed by atoms with Crippen LogP contribution in [0.25, 0.3) is 0 Å². The molecule has 0 fully saturated rings. The Morgan fingerprint density at radius 1 is 1.33 bits per heavy atom. The lowest BCUT2D eigenvalue weighted by Crippen LogP contribution is -2.31. The fourth-order valence-corrected chi connectivity index (χ4v) is 5.24. The molecular formula is C17H20N4O4S2. The molecule has 0 saturated heterocycles. The van der Waals surface area contributed by atoms with Gasteiger partial charge in [0.1, 0.15) is 5.56 Å². The average molecular weight is 409 g/mol. The predicted molar refractivity (Wildman–Crippen MR) is 104 cm³/mol. The summed E-state index contributed by atoms with van der Waals surface area (Å²) in [6, 6.07) is 6.00. The maximum atomic E-state index is 12.6. The Balaban J connectivity index is 1.87. The van der Waals surface area contributed by atoms with Gasteiger partial charge >= 0.3 is 0 Å². The van der Waals surface area contributed by atoms with Crippen molar-refractivity contribution in [3.05, 3.63) is 46.4 Å². The smallest absolute Gasteiger partial charge is 0.267 e. The third kappa shape index (κ3) is 3.78. The van der Waals surface area contributed by atoms with E-state index in [1.54, 1.807) is 26.0 Å². The number of nitrogens with one attached hydrogen (secondary N) is 1. The minimum absolute atomic E-state index is 0.0711. The molecule has 1 aromatic heterocycles. The molecule has 1 amide bonds. The van der Waals surface area contributed by atoms with E-state index in [2.05, 4.69) is 10.3 Å². The zero-order valence-corrected chi connectivity index (χ0v) is 16.6. The van der Waals surface area contributed by atoms with Gasteiger partial charge < -0.3 is 5.32 Å². The summed E-state index contributed by atoms with van der Waals surface area (Å²) in [7, 11) is -3.64. The number of sulfonamides is 1. The molecule has 10 heteroatoms. The molecule has 27 heavy (non-hydrogen) atoms. The van der Waals surface area contributed by atoms with Gasteiger partial charge in [0, 0.05) is 37.3 Å². The van der Waals surface area contributed by atoms with E-state index in [9.17, 15) is 18.0 Å². The van der Waals surface area contributed by atoms with Gasteiger partial charge in [0.15, 0.2) is 5.16 Å². The number of rotatable bonds is 6. The summed E-state index contributed by atoms with van der Waals surface area (Å²) in [5, 5.41) is 3.20. The van der Waals surface area contributed by atoms with Crippen molar-refractivity contribution in [1.29, 1.82) is 0 Å². The van der Waals surface area contributed by atoms with Crippen LogP contribution in [0.3, 0.4) is 0 Å². The van der Waals surface area contributed by atoms with Gasteiger partial charge in [-0.05, 0) is 18.2 Å². The molecule has 1 aliphatic heterocycles. The first-order valence-electron chi connectivity index (χ1n) is 8.52. The van der Waals surface area contributed by atoms with Crippen LogP contribution < -0.4 is 10.9 Å². The number of aromatic nitrogens is 2. The molecule has 1 aromatic carbocycles. The summed E-state index contributed by atoms with van der Waals surface area (Å²) < 4.78 is 28.1. The second-order valence-corrected chi connectivity index (χ2v) is 8.83. The van der Waals surface area contributed by atoms with Crippen molar-refractivity contribution in [3.8, 4) is 0 Å². The van der Waals surface area contributed by atoms with Crippen LogP contribution in [0, 0.1) is 0 Å². The Bertz CT molecular complexity index is 1030. The monoisotopic (exact) mass is 408 g/mol. The predicted octanol–water partition coefficient (Wildman–Crippen LogP) is 1.63. The van der Waals surface area contributed by atoms with E-state index < -0.39 is 21.5 Å². The SMILES string of the molecule is CCN(CC)S(=O)(=O)c1cccc(NC(=O)c2cnc3n(c2=O)CCS3)c1. The normalized spacial score (nSPS) is 13.6. The first-order valence-corrected chi connectivity index (χ1v) is 10.9. The molecule has 0 atom stereocenters. The van der Waals surface area contributed by atoms with Crippen molar-refractivity contribution in [3.63, 3.8) is 0 Å². The van der Waals surface area contributed by atoms with Crippen LogP contribution in [0.5, 0.6) is 0 Å². The number of fused-ring (bicyclic) bond motifs is 1. The van der Waals surface area contributed by atoms with E-state index in [1.165, 1.54) is 39.0 Å². The van der Waals surface area contributed by atoms with Crippen LogP contribution >= 0.6 is 11.8 Å². The van der Waals surface area contributed by atoms with E-state index in [1.807, 2.05) is 0 Å². The third-order valence-electron chi connectivity index (χ3n) is 4.24. The van der Waals surface area contributed by atoms with Gasteiger partial charge in [0.05, 0.1) is 4.90 Å². The highest BCUT2D eigenvalue weighted by Gasteiger charge is 2.23. The first-order chi connectivity index (χ1) is 12.9. The lowest BCUT2D eigenvalue weighted by atomic mass is 10.2. The number of nitrogens with zero attached hydrogens (tertiary/aromatic N) is 3. The van der Waals surface area contributed by atoms with Gasteiger partial charge in [-0.1, -0.05) is 31.7 Å². The molecule has 0 aliphatic carbocycles. The number of anilines is 1. The van der Waals surface area contributed by atoms with Crippen LogP contribution in [0.15, 0.2) is 45.3 Å². The number of amides is 1. The second-order valence-electron chi connectivity index (χ2n) is 5.83. The minimum Gasteiger partial charge on any atom is -0.322 e. The Hall–Kier alpha value is -2.17. The van der Waals surface area contributed by atoms with Crippen molar-refractivity contribution in [2.24, 2.45) is 0 Å². The van der Waals surface area contributed by atoms with Gasteiger partial charge in [-0.25, -0.2) is 13.4 Å². The largest absolute Gasteiger partial charge is 0.322 e. The molecule has 3 rings (SSSR count).